The van der Waals surface area contributed by atoms with Crippen molar-refractivity contribution in [3.8, 4) is 0 Å². The van der Waals surface area contributed by atoms with Crippen LogP contribution in [-0.4, -0.2) is 51.9 Å². The molecule has 0 unspecified atom stereocenters. The van der Waals surface area contributed by atoms with E-state index in [9.17, 15) is 4.79 Å². The van der Waals surface area contributed by atoms with E-state index in [0.717, 1.165) is 35.6 Å². The van der Waals surface area contributed by atoms with Crippen LogP contribution in [-0.2, 0) is 0 Å². The Hall–Kier alpha value is -2.83. The van der Waals surface area contributed by atoms with Crippen LogP contribution in [0.25, 0.3) is 11.0 Å². The van der Waals surface area contributed by atoms with E-state index in [-0.39, 0.29) is 5.91 Å². The summed E-state index contributed by atoms with van der Waals surface area (Å²) in [6.45, 7) is 4.78. The molecule has 0 bridgehead atoms. The van der Waals surface area contributed by atoms with E-state index in [1.54, 1.807) is 18.5 Å². The third kappa shape index (κ3) is 2.44. The molecule has 7 heteroatoms. The molecule has 1 aliphatic heterocycles. The van der Waals surface area contributed by atoms with Gasteiger partial charge in [-0.25, -0.2) is 9.97 Å². The van der Waals surface area contributed by atoms with Crippen LogP contribution < -0.4 is 4.90 Å². The summed E-state index contributed by atoms with van der Waals surface area (Å²) in [6, 6.07) is 5.49. The van der Waals surface area contributed by atoms with Gasteiger partial charge in [0.05, 0.1) is 11.6 Å². The van der Waals surface area contributed by atoms with Crippen molar-refractivity contribution in [1.82, 2.24) is 19.9 Å². The van der Waals surface area contributed by atoms with Crippen molar-refractivity contribution in [2.24, 2.45) is 0 Å². The van der Waals surface area contributed by atoms with E-state index in [4.69, 9.17) is 4.42 Å². The van der Waals surface area contributed by atoms with Gasteiger partial charge < -0.3 is 19.2 Å². The number of carbonyl (C=O) groups is 1. The molecule has 4 heterocycles. The summed E-state index contributed by atoms with van der Waals surface area (Å²) in [5.74, 6) is 1.26. The van der Waals surface area contributed by atoms with Crippen molar-refractivity contribution in [2.75, 3.05) is 31.1 Å². The first-order valence-corrected chi connectivity index (χ1v) is 7.60. The molecule has 23 heavy (non-hydrogen) atoms. The molecule has 1 aliphatic rings. The molecule has 1 fully saturated rings. The van der Waals surface area contributed by atoms with E-state index in [0.29, 0.717) is 18.8 Å². The van der Waals surface area contributed by atoms with Gasteiger partial charge in [-0.15, -0.1) is 0 Å². The third-order valence-electron chi connectivity index (χ3n) is 4.14. The zero-order chi connectivity index (χ0) is 15.8. The lowest BCUT2D eigenvalue weighted by Gasteiger charge is -2.35. The number of fused-ring (bicyclic) bond motifs is 1. The highest BCUT2D eigenvalue weighted by molar-refractivity contribution is 5.92. The summed E-state index contributed by atoms with van der Waals surface area (Å²) in [4.78, 5) is 28.2. The average molecular weight is 311 g/mol. The summed E-state index contributed by atoms with van der Waals surface area (Å²) in [5.41, 5.74) is 1.91. The molecule has 0 aromatic carbocycles. The van der Waals surface area contributed by atoms with Crippen molar-refractivity contribution < 1.29 is 9.21 Å². The topological polar surface area (TPSA) is 78.3 Å². The van der Waals surface area contributed by atoms with Gasteiger partial charge in [-0.3, -0.25) is 4.79 Å². The Morgan fingerprint density at radius 1 is 1.26 bits per heavy atom. The van der Waals surface area contributed by atoms with Gasteiger partial charge in [0, 0.05) is 31.9 Å². The van der Waals surface area contributed by atoms with E-state index in [1.807, 2.05) is 11.8 Å². The van der Waals surface area contributed by atoms with Crippen molar-refractivity contribution >= 4 is 22.8 Å². The number of carbonyl (C=O) groups excluding carboxylic acids is 1. The lowest BCUT2D eigenvalue weighted by Crippen LogP contribution is -2.49. The summed E-state index contributed by atoms with van der Waals surface area (Å²) in [6.07, 6.45) is 3.10. The van der Waals surface area contributed by atoms with Crippen molar-refractivity contribution in [1.29, 1.82) is 0 Å². The van der Waals surface area contributed by atoms with Crippen LogP contribution in [0.4, 0.5) is 5.82 Å². The predicted octanol–water partition coefficient (Wildman–Crippen LogP) is 1.82. The maximum Gasteiger partial charge on any atom is 0.289 e. The zero-order valence-electron chi connectivity index (χ0n) is 12.8. The largest absolute Gasteiger partial charge is 0.459 e. The van der Waals surface area contributed by atoms with E-state index < -0.39 is 0 Å². The minimum atomic E-state index is -0.0556. The Morgan fingerprint density at radius 2 is 2.09 bits per heavy atom. The number of hydrogen-bond donors (Lipinski definition) is 1. The standard InChI is InChI=1S/C16H17N5O2/c1-11-9-12-14(19-11)17-10-18-15(12)20-4-6-21(7-5-20)16(22)13-3-2-8-23-13/h2-3,8-10H,4-7H2,1H3,(H,17,18,19). The van der Waals surface area contributed by atoms with E-state index in [2.05, 4.69) is 25.9 Å². The smallest absolute Gasteiger partial charge is 0.289 e. The monoisotopic (exact) mass is 311 g/mol. The van der Waals surface area contributed by atoms with Crippen molar-refractivity contribution in [3.05, 3.63) is 42.2 Å². The predicted molar refractivity (Wildman–Crippen MR) is 85.5 cm³/mol. The minimum absolute atomic E-state index is 0.0556. The number of hydrogen-bond acceptors (Lipinski definition) is 5. The molecule has 4 rings (SSSR count). The van der Waals surface area contributed by atoms with Crippen LogP contribution in [0.5, 0.6) is 0 Å². The molecule has 0 saturated carbocycles. The molecule has 7 nitrogen and oxygen atoms in total. The number of H-pyrrole nitrogens is 1. The lowest BCUT2D eigenvalue weighted by molar-refractivity contribution is 0.0714. The molecule has 0 spiro atoms. The number of furan rings is 1. The Labute approximate surface area is 132 Å². The van der Waals surface area contributed by atoms with Crippen LogP contribution in [0.2, 0.25) is 0 Å². The summed E-state index contributed by atoms with van der Waals surface area (Å²) < 4.78 is 5.19. The van der Waals surface area contributed by atoms with Gasteiger partial charge in [0.15, 0.2) is 5.76 Å². The van der Waals surface area contributed by atoms with Gasteiger partial charge in [0.25, 0.3) is 5.91 Å². The van der Waals surface area contributed by atoms with Gasteiger partial charge in [0.2, 0.25) is 0 Å². The Morgan fingerprint density at radius 3 is 2.83 bits per heavy atom. The number of nitrogens with zero attached hydrogens (tertiary/aromatic N) is 4. The first-order chi connectivity index (χ1) is 11.2. The van der Waals surface area contributed by atoms with E-state index in [1.165, 1.54) is 6.26 Å². The Balaban J connectivity index is 1.52. The van der Waals surface area contributed by atoms with Crippen LogP contribution in [0.3, 0.4) is 0 Å². The second kappa shape index (κ2) is 5.42. The molecule has 0 aliphatic carbocycles. The summed E-state index contributed by atoms with van der Waals surface area (Å²) in [5, 5.41) is 1.02. The highest BCUT2D eigenvalue weighted by atomic mass is 16.3. The van der Waals surface area contributed by atoms with Gasteiger partial charge in [-0.2, -0.15) is 0 Å². The quantitative estimate of drug-likeness (QED) is 0.781. The molecule has 3 aromatic rings. The molecule has 0 radical (unpaired) electrons. The van der Waals surface area contributed by atoms with Crippen LogP contribution in [0.1, 0.15) is 16.2 Å². The first-order valence-electron chi connectivity index (χ1n) is 7.60. The Bertz CT molecular complexity index is 831. The summed E-state index contributed by atoms with van der Waals surface area (Å²) in [7, 11) is 0. The molecular weight excluding hydrogens is 294 g/mol. The number of aromatic nitrogens is 3. The second-order valence-electron chi connectivity index (χ2n) is 5.67. The molecule has 118 valence electrons. The second-order valence-corrected chi connectivity index (χ2v) is 5.67. The van der Waals surface area contributed by atoms with Crippen LogP contribution in [0, 0.1) is 6.92 Å². The molecule has 3 aromatic heterocycles. The SMILES string of the molecule is Cc1cc2c(N3CCN(C(=O)c4ccco4)CC3)ncnc2[nH]1. The third-order valence-corrected chi connectivity index (χ3v) is 4.14. The number of nitrogens with one attached hydrogen (secondary N) is 1. The maximum absolute atomic E-state index is 12.3. The van der Waals surface area contributed by atoms with Gasteiger partial charge >= 0.3 is 0 Å². The first kappa shape index (κ1) is 13.8. The lowest BCUT2D eigenvalue weighted by atomic mass is 10.2. The van der Waals surface area contributed by atoms with Crippen molar-refractivity contribution in [2.45, 2.75) is 6.92 Å². The van der Waals surface area contributed by atoms with Gasteiger partial charge in [-0.1, -0.05) is 0 Å². The minimum Gasteiger partial charge on any atom is -0.459 e. The highest BCUT2D eigenvalue weighted by Gasteiger charge is 2.25. The van der Waals surface area contributed by atoms with Crippen molar-refractivity contribution in [3.63, 3.8) is 0 Å². The fourth-order valence-electron chi connectivity index (χ4n) is 2.99. The number of piperazine rings is 1. The molecule has 0 atom stereocenters. The number of anilines is 1. The van der Waals surface area contributed by atoms with Gasteiger partial charge in [0.1, 0.15) is 17.8 Å². The number of rotatable bonds is 2. The highest BCUT2D eigenvalue weighted by Crippen LogP contribution is 2.24. The van der Waals surface area contributed by atoms with E-state index >= 15 is 0 Å². The summed E-state index contributed by atoms with van der Waals surface area (Å²) >= 11 is 0. The fraction of sp³-hybridized carbons (Fsp3) is 0.312. The average Bonchev–Trinajstić information content (AvgIpc) is 3.22. The number of aryl methyl sites for hydroxylation is 1. The Kier molecular flexibility index (Phi) is 3.25. The molecule has 1 amide bonds. The van der Waals surface area contributed by atoms with Crippen LogP contribution >= 0.6 is 0 Å². The number of aromatic amines is 1. The number of amides is 1. The molecule has 1 N–H and O–H groups in total. The van der Waals surface area contributed by atoms with Crippen LogP contribution in [0.15, 0.2) is 35.2 Å². The fourth-order valence-corrected chi connectivity index (χ4v) is 2.99. The normalized spacial score (nSPS) is 15.3. The zero-order valence-corrected chi connectivity index (χ0v) is 12.8. The molecular formula is C16H17N5O2. The maximum atomic E-state index is 12.3. The van der Waals surface area contributed by atoms with Gasteiger partial charge in [-0.05, 0) is 25.1 Å². The molecule has 1 saturated heterocycles.